The van der Waals surface area contributed by atoms with Gasteiger partial charge in [0.15, 0.2) is 0 Å². The Hall–Kier alpha value is -1.35. The molecule has 0 amide bonds. The maximum atomic E-state index is 11.8. The zero-order valence-corrected chi connectivity index (χ0v) is 12.4. The van der Waals surface area contributed by atoms with E-state index in [1.165, 1.54) is 11.3 Å². The Labute approximate surface area is 116 Å². The fraction of sp³-hybridized carbons (Fsp3) is 0.562. The molecule has 1 aliphatic heterocycles. The number of benzene rings is 1. The third kappa shape index (κ3) is 3.35. The molecule has 19 heavy (non-hydrogen) atoms. The second-order valence-corrected chi connectivity index (χ2v) is 6.33. The number of Topliss-reactive ketones (excluding diaryl/α,β-unsaturated/α-hetero) is 1. The van der Waals surface area contributed by atoms with Crippen LogP contribution in [0.2, 0.25) is 0 Å². The summed E-state index contributed by atoms with van der Waals surface area (Å²) in [7, 11) is 4.10. The van der Waals surface area contributed by atoms with Gasteiger partial charge in [-0.2, -0.15) is 0 Å². The molecular formula is C16H24N2O. The average Bonchev–Trinajstić information content (AvgIpc) is 2.34. The van der Waals surface area contributed by atoms with Crippen molar-refractivity contribution in [1.82, 2.24) is 4.90 Å². The fourth-order valence-corrected chi connectivity index (χ4v) is 2.62. The molecule has 0 spiro atoms. The van der Waals surface area contributed by atoms with Crippen molar-refractivity contribution in [3.8, 4) is 0 Å². The van der Waals surface area contributed by atoms with Crippen molar-refractivity contribution in [3.63, 3.8) is 0 Å². The summed E-state index contributed by atoms with van der Waals surface area (Å²) in [5.41, 5.74) is 2.34. The average molecular weight is 260 g/mol. The predicted molar refractivity (Wildman–Crippen MR) is 79.5 cm³/mol. The first-order valence-corrected chi connectivity index (χ1v) is 6.90. The van der Waals surface area contributed by atoms with Crippen LogP contribution in [0.5, 0.6) is 0 Å². The van der Waals surface area contributed by atoms with E-state index in [-0.39, 0.29) is 5.41 Å². The monoisotopic (exact) mass is 260 g/mol. The number of anilines is 1. The van der Waals surface area contributed by atoms with Crippen LogP contribution in [-0.2, 0) is 11.3 Å². The fourth-order valence-electron chi connectivity index (χ4n) is 2.62. The second kappa shape index (κ2) is 5.33. The number of nitrogens with zero attached hydrogens (tertiary/aromatic N) is 2. The van der Waals surface area contributed by atoms with Crippen molar-refractivity contribution in [2.75, 3.05) is 32.1 Å². The summed E-state index contributed by atoms with van der Waals surface area (Å²) in [4.78, 5) is 16.3. The van der Waals surface area contributed by atoms with E-state index in [1.54, 1.807) is 0 Å². The number of rotatable bonds is 3. The molecule has 0 N–H and O–H groups in total. The van der Waals surface area contributed by atoms with Crippen molar-refractivity contribution < 1.29 is 4.79 Å². The highest BCUT2D eigenvalue weighted by Gasteiger charge is 2.33. The summed E-state index contributed by atoms with van der Waals surface area (Å²) in [6, 6.07) is 8.66. The Morgan fingerprint density at radius 3 is 2.37 bits per heavy atom. The minimum absolute atomic E-state index is 0.193. The Balaban J connectivity index is 2.00. The first-order chi connectivity index (χ1) is 8.88. The zero-order chi connectivity index (χ0) is 14.0. The van der Waals surface area contributed by atoms with E-state index in [1.807, 2.05) is 14.1 Å². The van der Waals surface area contributed by atoms with E-state index in [0.29, 0.717) is 12.2 Å². The highest BCUT2D eigenvalue weighted by molar-refractivity contribution is 5.85. The molecule has 0 bridgehead atoms. The molecule has 0 aliphatic carbocycles. The first kappa shape index (κ1) is 14.1. The van der Waals surface area contributed by atoms with Crippen molar-refractivity contribution >= 4 is 11.5 Å². The summed E-state index contributed by atoms with van der Waals surface area (Å²) in [6.45, 7) is 6.79. The minimum atomic E-state index is -0.193. The van der Waals surface area contributed by atoms with Crippen LogP contribution in [0.4, 0.5) is 5.69 Å². The number of piperidine rings is 1. The molecule has 1 aromatic rings. The zero-order valence-electron chi connectivity index (χ0n) is 12.4. The van der Waals surface area contributed by atoms with Crippen LogP contribution in [0.1, 0.15) is 25.8 Å². The third-order valence-corrected chi connectivity index (χ3v) is 3.89. The van der Waals surface area contributed by atoms with Gasteiger partial charge in [-0.25, -0.2) is 0 Å². The van der Waals surface area contributed by atoms with Gasteiger partial charge in [0.05, 0.1) is 0 Å². The lowest BCUT2D eigenvalue weighted by Crippen LogP contribution is -2.45. The standard InChI is InChI=1S/C16H24N2O/c1-16(2)12-18(10-9-15(16)19)11-13-5-7-14(8-6-13)17(3)4/h5-8H,9-12H2,1-4H3. The molecular weight excluding hydrogens is 236 g/mol. The molecule has 0 radical (unpaired) electrons. The van der Waals surface area contributed by atoms with Gasteiger partial charge in [-0.1, -0.05) is 26.0 Å². The Morgan fingerprint density at radius 2 is 1.84 bits per heavy atom. The maximum absolute atomic E-state index is 11.8. The van der Waals surface area contributed by atoms with Crippen LogP contribution >= 0.6 is 0 Å². The summed E-state index contributed by atoms with van der Waals surface area (Å²) in [6.07, 6.45) is 0.683. The number of carbonyl (C=O) groups is 1. The molecule has 1 saturated heterocycles. The van der Waals surface area contributed by atoms with Gasteiger partial charge in [0.1, 0.15) is 5.78 Å². The highest BCUT2D eigenvalue weighted by atomic mass is 16.1. The van der Waals surface area contributed by atoms with E-state index in [0.717, 1.165) is 19.6 Å². The van der Waals surface area contributed by atoms with Crippen LogP contribution in [-0.4, -0.2) is 37.9 Å². The first-order valence-electron chi connectivity index (χ1n) is 6.90. The lowest BCUT2D eigenvalue weighted by atomic mass is 9.82. The molecule has 1 aliphatic rings. The Bertz CT molecular complexity index is 448. The summed E-state index contributed by atoms with van der Waals surface area (Å²) < 4.78 is 0. The van der Waals surface area contributed by atoms with Gasteiger partial charge in [-0.3, -0.25) is 9.69 Å². The minimum Gasteiger partial charge on any atom is -0.378 e. The summed E-state index contributed by atoms with van der Waals surface area (Å²) in [5, 5.41) is 0. The number of likely N-dealkylation sites (tertiary alicyclic amines) is 1. The SMILES string of the molecule is CN(C)c1ccc(CN2CCC(=O)C(C)(C)C2)cc1. The van der Waals surface area contributed by atoms with E-state index in [2.05, 4.69) is 47.9 Å². The molecule has 0 aromatic heterocycles. The predicted octanol–water partition coefficient (Wildman–Crippen LogP) is 2.55. The molecule has 3 heteroatoms. The molecule has 1 heterocycles. The van der Waals surface area contributed by atoms with Crippen molar-refractivity contribution in [2.45, 2.75) is 26.8 Å². The number of carbonyl (C=O) groups excluding carboxylic acids is 1. The van der Waals surface area contributed by atoms with Gasteiger partial charge in [-0.05, 0) is 17.7 Å². The van der Waals surface area contributed by atoms with Gasteiger partial charge < -0.3 is 4.90 Å². The van der Waals surface area contributed by atoms with Crippen LogP contribution in [0.25, 0.3) is 0 Å². The van der Waals surface area contributed by atoms with Gasteiger partial charge in [0.25, 0.3) is 0 Å². The van der Waals surface area contributed by atoms with Crippen molar-refractivity contribution in [1.29, 1.82) is 0 Å². The van der Waals surface area contributed by atoms with Gasteiger partial charge >= 0.3 is 0 Å². The summed E-state index contributed by atoms with van der Waals surface area (Å²) >= 11 is 0. The Kier molecular flexibility index (Phi) is 3.95. The lowest BCUT2D eigenvalue weighted by molar-refractivity contribution is -0.131. The molecule has 0 saturated carbocycles. The molecule has 0 unspecified atom stereocenters. The van der Waals surface area contributed by atoms with Gasteiger partial charge in [0.2, 0.25) is 0 Å². The molecule has 1 aromatic carbocycles. The largest absolute Gasteiger partial charge is 0.378 e. The maximum Gasteiger partial charge on any atom is 0.141 e. The molecule has 1 fully saturated rings. The van der Waals surface area contributed by atoms with Gasteiger partial charge in [0, 0.05) is 51.3 Å². The van der Waals surface area contributed by atoms with Crippen molar-refractivity contribution in [2.24, 2.45) is 5.41 Å². The number of hydrogen-bond donors (Lipinski definition) is 0. The van der Waals surface area contributed by atoms with Crippen LogP contribution in [0.15, 0.2) is 24.3 Å². The quantitative estimate of drug-likeness (QED) is 0.834. The molecule has 0 atom stereocenters. The lowest BCUT2D eigenvalue weighted by Gasteiger charge is -2.36. The molecule has 2 rings (SSSR count). The second-order valence-electron chi connectivity index (χ2n) is 6.33. The van der Waals surface area contributed by atoms with Gasteiger partial charge in [-0.15, -0.1) is 0 Å². The Morgan fingerprint density at radius 1 is 1.21 bits per heavy atom. The van der Waals surface area contributed by atoms with Crippen LogP contribution < -0.4 is 4.90 Å². The number of hydrogen-bond acceptors (Lipinski definition) is 3. The van der Waals surface area contributed by atoms with Crippen molar-refractivity contribution in [3.05, 3.63) is 29.8 Å². The number of ketones is 1. The topological polar surface area (TPSA) is 23.6 Å². The highest BCUT2D eigenvalue weighted by Crippen LogP contribution is 2.26. The van der Waals surface area contributed by atoms with E-state index >= 15 is 0 Å². The third-order valence-electron chi connectivity index (χ3n) is 3.89. The molecule has 104 valence electrons. The summed E-state index contributed by atoms with van der Waals surface area (Å²) in [5.74, 6) is 0.395. The van der Waals surface area contributed by atoms with Crippen LogP contribution in [0, 0.1) is 5.41 Å². The smallest absolute Gasteiger partial charge is 0.141 e. The molecule has 3 nitrogen and oxygen atoms in total. The van der Waals surface area contributed by atoms with E-state index < -0.39 is 0 Å². The van der Waals surface area contributed by atoms with E-state index in [4.69, 9.17) is 0 Å². The normalized spacial score (nSPS) is 19.5. The van der Waals surface area contributed by atoms with Crippen LogP contribution in [0.3, 0.4) is 0 Å². The van der Waals surface area contributed by atoms with E-state index in [9.17, 15) is 4.79 Å².